The molecule has 0 aromatic heterocycles. The second kappa shape index (κ2) is 8.25. The number of nitrogens with zero attached hydrogens (tertiary/aromatic N) is 1. The van der Waals surface area contributed by atoms with Gasteiger partial charge in [-0.05, 0) is 19.1 Å². The van der Waals surface area contributed by atoms with E-state index in [9.17, 15) is 4.79 Å². The van der Waals surface area contributed by atoms with Crippen molar-refractivity contribution < 1.29 is 14.3 Å². The number of hydrogen-bond donors (Lipinski definition) is 1. The molecule has 1 rings (SSSR count). The van der Waals surface area contributed by atoms with Gasteiger partial charge in [-0.25, -0.2) is 0 Å². The summed E-state index contributed by atoms with van der Waals surface area (Å²) in [7, 11) is 1.60. The fourth-order valence-electron chi connectivity index (χ4n) is 1.54. The predicted octanol–water partition coefficient (Wildman–Crippen LogP) is 1.94. The third kappa shape index (κ3) is 5.51. The van der Waals surface area contributed by atoms with Gasteiger partial charge in [-0.2, -0.15) is 5.26 Å². The van der Waals surface area contributed by atoms with Gasteiger partial charge in [-0.1, -0.05) is 12.1 Å². The summed E-state index contributed by atoms with van der Waals surface area (Å²) in [5.41, 5.74) is 0.976. The molecular weight excluding hydrogens is 244 g/mol. The van der Waals surface area contributed by atoms with E-state index in [0.717, 1.165) is 0 Å². The number of rotatable bonds is 7. The number of amides is 1. The van der Waals surface area contributed by atoms with E-state index >= 15 is 0 Å². The number of nitrogens with one attached hydrogen (secondary N) is 1. The summed E-state index contributed by atoms with van der Waals surface area (Å²) < 4.78 is 10.3. The van der Waals surface area contributed by atoms with Crippen molar-refractivity contribution in [2.24, 2.45) is 0 Å². The molecule has 1 unspecified atom stereocenters. The molecule has 102 valence electrons. The zero-order valence-electron chi connectivity index (χ0n) is 11.2. The molecule has 0 aliphatic rings. The van der Waals surface area contributed by atoms with E-state index in [2.05, 4.69) is 5.32 Å². The number of methoxy groups -OCH3 is 1. The molecule has 5 nitrogen and oxygen atoms in total. The zero-order valence-corrected chi connectivity index (χ0v) is 11.2. The summed E-state index contributed by atoms with van der Waals surface area (Å²) >= 11 is 0. The van der Waals surface area contributed by atoms with Crippen LogP contribution in [-0.4, -0.2) is 32.3 Å². The van der Waals surface area contributed by atoms with Crippen LogP contribution < -0.4 is 5.32 Å². The first-order valence-electron chi connectivity index (χ1n) is 6.07. The minimum absolute atomic E-state index is 0.0378. The van der Waals surface area contributed by atoms with Crippen LogP contribution >= 0.6 is 0 Å². The molecule has 0 aliphatic heterocycles. The number of hydrogen-bond acceptors (Lipinski definition) is 4. The molecular formula is C14H18N2O3. The quantitative estimate of drug-likeness (QED) is 0.815. The van der Waals surface area contributed by atoms with E-state index in [0.29, 0.717) is 24.5 Å². The third-order valence-corrected chi connectivity index (χ3v) is 2.45. The van der Waals surface area contributed by atoms with Gasteiger partial charge in [0.2, 0.25) is 5.91 Å². The van der Waals surface area contributed by atoms with Gasteiger partial charge in [0.25, 0.3) is 0 Å². The predicted molar refractivity (Wildman–Crippen MR) is 71.7 cm³/mol. The Morgan fingerprint density at radius 2 is 2.21 bits per heavy atom. The fourth-order valence-corrected chi connectivity index (χ4v) is 1.54. The van der Waals surface area contributed by atoms with Crippen LogP contribution in [0.1, 0.15) is 18.9 Å². The molecule has 1 atom stereocenters. The lowest BCUT2D eigenvalue weighted by atomic mass is 10.2. The maximum absolute atomic E-state index is 11.7. The third-order valence-electron chi connectivity index (χ3n) is 2.45. The van der Waals surface area contributed by atoms with Crippen molar-refractivity contribution in [1.82, 2.24) is 0 Å². The van der Waals surface area contributed by atoms with Crippen LogP contribution in [0.3, 0.4) is 0 Å². The number of anilines is 1. The van der Waals surface area contributed by atoms with Crippen LogP contribution in [0.25, 0.3) is 0 Å². The average molecular weight is 262 g/mol. The number of ether oxygens (including phenoxy) is 2. The van der Waals surface area contributed by atoms with Crippen molar-refractivity contribution in [1.29, 1.82) is 5.26 Å². The summed E-state index contributed by atoms with van der Waals surface area (Å²) in [5, 5.41) is 11.6. The van der Waals surface area contributed by atoms with Crippen LogP contribution in [0.5, 0.6) is 0 Å². The van der Waals surface area contributed by atoms with Gasteiger partial charge in [0.1, 0.15) is 6.07 Å². The van der Waals surface area contributed by atoms with Gasteiger partial charge in [0.05, 0.1) is 37.0 Å². The fraction of sp³-hybridized carbons (Fsp3) is 0.429. The Bertz CT molecular complexity index is 454. The maximum atomic E-state index is 11.7. The summed E-state index contributed by atoms with van der Waals surface area (Å²) in [5.74, 6) is -0.174. The number of nitriles is 1. The number of benzene rings is 1. The minimum atomic E-state index is -0.174. The SMILES string of the molecule is COCC(C)OCCC(=O)Nc1ccccc1C#N. The van der Waals surface area contributed by atoms with E-state index in [-0.39, 0.29) is 18.4 Å². The molecule has 0 spiro atoms. The highest BCUT2D eigenvalue weighted by Crippen LogP contribution is 2.13. The molecule has 0 radical (unpaired) electrons. The Balaban J connectivity index is 2.37. The molecule has 1 amide bonds. The Kier molecular flexibility index (Phi) is 6.58. The largest absolute Gasteiger partial charge is 0.382 e. The summed E-state index contributed by atoms with van der Waals surface area (Å²) in [6.45, 7) is 2.70. The molecule has 0 saturated heterocycles. The zero-order chi connectivity index (χ0) is 14.1. The molecule has 1 aromatic rings. The summed E-state index contributed by atoms with van der Waals surface area (Å²) in [6.07, 6.45) is 0.206. The molecule has 0 fully saturated rings. The van der Waals surface area contributed by atoms with Gasteiger partial charge in [-0.3, -0.25) is 4.79 Å². The van der Waals surface area contributed by atoms with Crippen LogP contribution in [0.2, 0.25) is 0 Å². The van der Waals surface area contributed by atoms with Crippen molar-refractivity contribution in [2.75, 3.05) is 25.6 Å². The number of carbonyl (C=O) groups excluding carboxylic acids is 1. The van der Waals surface area contributed by atoms with Crippen LogP contribution in [0, 0.1) is 11.3 Å². The van der Waals surface area contributed by atoms with Crippen LogP contribution in [0.15, 0.2) is 24.3 Å². The molecule has 1 N–H and O–H groups in total. The first-order valence-corrected chi connectivity index (χ1v) is 6.07. The Hall–Kier alpha value is -1.90. The number of para-hydroxylation sites is 1. The van der Waals surface area contributed by atoms with Crippen LogP contribution in [0.4, 0.5) is 5.69 Å². The molecule has 1 aromatic carbocycles. The smallest absolute Gasteiger partial charge is 0.226 e. The first-order chi connectivity index (χ1) is 9.17. The summed E-state index contributed by atoms with van der Waals surface area (Å²) in [4.78, 5) is 11.7. The highest BCUT2D eigenvalue weighted by atomic mass is 16.5. The highest BCUT2D eigenvalue weighted by Gasteiger charge is 2.07. The lowest BCUT2D eigenvalue weighted by Crippen LogP contribution is -2.19. The Morgan fingerprint density at radius 1 is 1.47 bits per heavy atom. The topological polar surface area (TPSA) is 71.3 Å². The second-order valence-corrected chi connectivity index (χ2v) is 4.09. The van der Waals surface area contributed by atoms with Crippen molar-refractivity contribution >= 4 is 11.6 Å². The molecule has 19 heavy (non-hydrogen) atoms. The monoisotopic (exact) mass is 262 g/mol. The van der Waals surface area contributed by atoms with E-state index in [1.165, 1.54) is 0 Å². The molecule has 0 saturated carbocycles. The van der Waals surface area contributed by atoms with Crippen molar-refractivity contribution in [3.63, 3.8) is 0 Å². The lowest BCUT2D eigenvalue weighted by molar-refractivity contribution is -0.117. The molecule has 5 heteroatoms. The van der Waals surface area contributed by atoms with Crippen molar-refractivity contribution in [3.8, 4) is 6.07 Å². The normalized spacial score (nSPS) is 11.6. The standard InChI is InChI=1S/C14H18N2O3/c1-11(10-18-2)19-8-7-14(17)16-13-6-4-3-5-12(13)9-15/h3-6,11H,7-8,10H2,1-2H3,(H,16,17). The summed E-state index contributed by atoms with van der Waals surface area (Å²) in [6, 6.07) is 8.91. The maximum Gasteiger partial charge on any atom is 0.226 e. The van der Waals surface area contributed by atoms with E-state index in [1.54, 1.807) is 31.4 Å². The Morgan fingerprint density at radius 3 is 2.89 bits per heavy atom. The number of carbonyl (C=O) groups is 1. The van der Waals surface area contributed by atoms with Crippen molar-refractivity contribution in [2.45, 2.75) is 19.4 Å². The van der Waals surface area contributed by atoms with Crippen LogP contribution in [-0.2, 0) is 14.3 Å². The van der Waals surface area contributed by atoms with Crippen molar-refractivity contribution in [3.05, 3.63) is 29.8 Å². The van der Waals surface area contributed by atoms with Gasteiger partial charge < -0.3 is 14.8 Å². The minimum Gasteiger partial charge on any atom is -0.382 e. The van der Waals surface area contributed by atoms with E-state index < -0.39 is 0 Å². The first kappa shape index (κ1) is 15.2. The molecule has 0 aliphatic carbocycles. The van der Waals surface area contributed by atoms with Gasteiger partial charge in [-0.15, -0.1) is 0 Å². The molecule has 0 bridgehead atoms. The van der Waals surface area contributed by atoms with E-state index in [4.69, 9.17) is 14.7 Å². The average Bonchev–Trinajstić information content (AvgIpc) is 2.39. The van der Waals surface area contributed by atoms with Gasteiger partial charge in [0, 0.05) is 7.11 Å². The second-order valence-electron chi connectivity index (χ2n) is 4.09. The van der Waals surface area contributed by atoms with E-state index in [1.807, 2.05) is 13.0 Å². The highest BCUT2D eigenvalue weighted by molar-refractivity contribution is 5.92. The Labute approximate surface area is 113 Å². The lowest BCUT2D eigenvalue weighted by Gasteiger charge is -2.12. The molecule has 0 heterocycles. The van der Waals surface area contributed by atoms with Gasteiger partial charge >= 0.3 is 0 Å². The van der Waals surface area contributed by atoms with Gasteiger partial charge in [0.15, 0.2) is 0 Å².